The summed E-state index contributed by atoms with van der Waals surface area (Å²) in [5.74, 6) is -0.0603. The van der Waals surface area contributed by atoms with Crippen molar-refractivity contribution in [2.24, 2.45) is 0 Å². The number of benzene rings is 2. The van der Waals surface area contributed by atoms with Gasteiger partial charge in [-0.3, -0.25) is 14.7 Å². The van der Waals surface area contributed by atoms with Gasteiger partial charge in [-0.25, -0.2) is 9.37 Å². The average molecular weight is 433 g/mol. The van der Waals surface area contributed by atoms with Crippen LogP contribution in [0.15, 0.2) is 59.4 Å². The first-order chi connectivity index (χ1) is 15.1. The summed E-state index contributed by atoms with van der Waals surface area (Å²) in [6.45, 7) is 8.08. The van der Waals surface area contributed by atoms with E-state index in [0.29, 0.717) is 22.8 Å². The van der Waals surface area contributed by atoms with Gasteiger partial charge in [0.1, 0.15) is 11.6 Å². The lowest BCUT2D eigenvalue weighted by atomic mass is 9.86. The van der Waals surface area contributed by atoms with Crippen LogP contribution in [0, 0.1) is 12.7 Å². The Kier molecular flexibility index (Phi) is 5.38. The third-order valence-corrected chi connectivity index (χ3v) is 5.19. The van der Waals surface area contributed by atoms with E-state index in [2.05, 4.69) is 35.8 Å². The quantitative estimate of drug-likeness (QED) is 0.527. The Morgan fingerprint density at radius 1 is 1.06 bits per heavy atom. The molecule has 0 aliphatic rings. The summed E-state index contributed by atoms with van der Waals surface area (Å²) >= 11 is 0. The van der Waals surface area contributed by atoms with Gasteiger partial charge in [0.15, 0.2) is 0 Å². The predicted molar refractivity (Wildman–Crippen MR) is 120 cm³/mol. The van der Waals surface area contributed by atoms with Crippen LogP contribution in [-0.2, 0) is 12.0 Å². The molecule has 4 rings (SSSR count). The number of carbonyl (C=O) groups is 1. The second-order valence-corrected chi connectivity index (χ2v) is 8.74. The third kappa shape index (κ3) is 4.30. The maximum atomic E-state index is 13.5. The Morgan fingerprint density at radius 3 is 2.34 bits per heavy atom. The summed E-state index contributed by atoms with van der Waals surface area (Å²) in [5, 5.41) is 2.90. The Bertz CT molecular complexity index is 1330. The first kappa shape index (κ1) is 21.4. The van der Waals surface area contributed by atoms with Crippen molar-refractivity contribution < 1.29 is 9.18 Å². The van der Waals surface area contributed by atoms with Crippen molar-refractivity contribution in [2.75, 3.05) is 4.90 Å². The highest BCUT2D eigenvalue weighted by Crippen LogP contribution is 2.24. The van der Waals surface area contributed by atoms with Gasteiger partial charge >= 0.3 is 0 Å². The monoisotopic (exact) mass is 433 g/mol. The molecular weight excluding hydrogens is 409 g/mol. The number of H-pyrrole nitrogens is 1. The molecule has 0 fully saturated rings. The lowest BCUT2D eigenvalue weighted by molar-refractivity contribution is 0.0984. The number of carbonyl (C=O) groups excluding carboxylic acids is 1. The van der Waals surface area contributed by atoms with E-state index in [9.17, 15) is 14.0 Å². The van der Waals surface area contributed by atoms with Gasteiger partial charge in [-0.15, -0.1) is 0 Å². The molecule has 0 atom stereocenters. The highest BCUT2D eigenvalue weighted by Gasteiger charge is 2.22. The van der Waals surface area contributed by atoms with Gasteiger partial charge in [0.2, 0.25) is 0 Å². The standard InChI is InChI=1S/C24H24FN5O2/c1-15-13-21(31)30-23(26-15)27-20(28-30)14-29(19-11-9-18(25)10-12-19)22(32)16-5-7-17(8-6-16)24(2,3)4/h5-13H,14H2,1-4H3,(H,26,27,28). The Hall–Kier alpha value is -3.81. The highest BCUT2D eigenvalue weighted by molar-refractivity contribution is 6.06. The zero-order valence-electron chi connectivity index (χ0n) is 18.4. The molecule has 32 heavy (non-hydrogen) atoms. The largest absolute Gasteiger partial charge is 0.301 e. The van der Waals surface area contributed by atoms with Crippen molar-refractivity contribution in [1.82, 2.24) is 19.6 Å². The molecule has 2 aromatic heterocycles. The summed E-state index contributed by atoms with van der Waals surface area (Å²) in [7, 11) is 0. The van der Waals surface area contributed by atoms with E-state index in [0.717, 1.165) is 5.56 Å². The van der Waals surface area contributed by atoms with Crippen molar-refractivity contribution in [1.29, 1.82) is 0 Å². The minimum Gasteiger partial charge on any atom is -0.301 e. The number of nitrogens with zero attached hydrogens (tertiary/aromatic N) is 4. The fourth-order valence-corrected chi connectivity index (χ4v) is 3.43. The molecule has 1 amide bonds. The molecule has 2 heterocycles. The topological polar surface area (TPSA) is 83.4 Å². The molecule has 0 saturated heterocycles. The number of amides is 1. The first-order valence-electron chi connectivity index (χ1n) is 10.2. The van der Waals surface area contributed by atoms with Crippen LogP contribution in [0.4, 0.5) is 10.1 Å². The fourth-order valence-electron chi connectivity index (χ4n) is 3.43. The van der Waals surface area contributed by atoms with Gasteiger partial charge < -0.3 is 4.90 Å². The van der Waals surface area contributed by atoms with E-state index in [1.807, 2.05) is 12.1 Å². The summed E-state index contributed by atoms with van der Waals surface area (Å²) in [6, 6.07) is 14.5. The molecule has 0 bridgehead atoms. The second-order valence-electron chi connectivity index (χ2n) is 8.74. The molecule has 8 heteroatoms. The predicted octanol–water partition coefficient (Wildman–Crippen LogP) is 4.01. The first-order valence-corrected chi connectivity index (χ1v) is 10.2. The molecule has 2 aromatic carbocycles. The minimum atomic E-state index is -0.398. The maximum Gasteiger partial charge on any atom is 0.274 e. The average Bonchev–Trinajstić information content (AvgIpc) is 3.15. The van der Waals surface area contributed by atoms with Crippen LogP contribution in [0.1, 0.15) is 48.2 Å². The smallest absolute Gasteiger partial charge is 0.274 e. The van der Waals surface area contributed by atoms with Gasteiger partial charge in [-0.1, -0.05) is 32.9 Å². The van der Waals surface area contributed by atoms with Gasteiger partial charge in [0, 0.05) is 23.0 Å². The number of hydrogen-bond donors (Lipinski definition) is 1. The second kappa shape index (κ2) is 8.03. The van der Waals surface area contributed by atoms with Crippen LogP contribution < -0.4 is 10.5 Å². The van der Waals surface area contributed by atoms with Crippen molar-refractivity contribution in [2.45, 2.75) is 39.7 Å². The summed E-state index contributed by atoms with van der Waals surface area (Å²) in [4.78, 5) is 35.7. The Morgan fingerprint density at radius 2 is 1.72 bits per heavy atom. The van der Waals surface area contributed by atoms with E-state index in [4.69, 9.17) is 0 Å². The lowest BCUT2D eigenvalue weighted by Gasteiger charge is -2.23. The molecular formula is C24H24FN5O2. The van der Waals surface area contributed by atoms with Crippen LogP contribution in [0.25, 0.3) is 5.78 Å². The molecule has 0 radical (unpaired) electrons. The Balaban J connectivity index is 1.72. The van der Waals surface area contributed by atoms with Crippen LogP contribution in [0.3, 0.4) is 0 Å². The highest BCUT2D eigenvalue weighted by atomic mass is 19.1. The van der Waals surface area contributed by atoms with Crippen molar-refractivity contribution >= 4 is 17.4 Å². The van der Waals surface area contributed by atoms with E-state index in [-0.39, 0.29) is 29.2 Å². The van der Waals surface area contributed by atoms with Gasteiger partial charge in [-0.05, 0) is 54.3 Å². The molecule has 7 nitrogen and oxygen atoms in total. The van der Waals surface area contributed by atoms with E-state index in [1.165, 1.54) is 39.7 Å². The number of fused-ring (bicyclic) bond motifs is 1. The SMILES string of the molecule is Cc1cc(=O)n2[nH]c(CN(C(=O)c3ccc(C(C)(C)C)cc3)c3ccc(F)cc3)nc2n1. The number of halogens is 1. The summed E-state index contributed by atoms with van der Waals surface area (Å²) in [6.07, 6.45) is 0. The van der Waals surface area contributed by atoms with Crippen molar-refractivity contribution in [3.63, 3.8) is 0 Å². The van der Waals surface area contributed by atoms with Crippen LogP contribution in [0.2, 0.25) is 0 Å². The summed E-state index contributed by atoms with van der Waals surface area (Å²) < 4.78 is 14.7. The molecule has 1 N–H and O–H groups in total. The zero-order chi connectivity index (χ0) is 23.0. The van der Waals surface area contributed by atoms with Gasteiger partial charge in [0.05, 0.1) is 6.54 Å². The molecule has 0 aliphatic carbocycles. The maximum absolute atomic E-state index is 13.5. The third-order valence-electron chi connectivity index (χ3n) is 5.19. The molecule has 0 aliphatic heterocycles. The van der Waals surface area contributed by atoms with Crippen LogP contribution >= 0.6 is 0 Å². The number of aromatic amines is 1. The zero-order valence-corrected chi connectivity index (χ0v) is 18.4. The number of aromatic nitrogens is 4. The molecule has 0 spiro atoms. The van der Waals surface area contributed by atoms with E-state index >= 15 is 0 Å². The lowest BCUT2D eigenvalue weighted by Crippen LogP contribution is -2.31. The Labute approximate surface area is 184 Å². The molecule has 0 unspecified atom stereocenters. The van der Waals surface area contributed by atoms with Gasteiger partial charge in [0.25, 0.3) is 17.2 Å². The number of aryl methyl sites for hydroxylation is 1. The van der Waals surface area contributed by atoms with E-state index in [1.54, 1.807) is 19.1 Å². The van der Waals surface area contributed by atoms with Crippen molar-refractivity contribution in [3.8, 4) is 0 Å². The summed E-state index contributed by atoms with van der Waals surface area (Å²) in [5.41, 5.74) is 2.34. The molecule has 4 aromatic rings. The normalized spacial score (nSPS) is 11.7. The molecule has 0 saturated carbocycles. The van der Waals surface area contributed by atoms with E-state index < -0.39 is 5.82 Å². The number of anilines is 1. The van der Waals surface area contributed by atoms with Gasteiger partial charge in [-0.2, -0.15) is 9.50 Å². The van der Waals surface area contributed by atoms with Crippen molar-refractivity contribution in [3.05, 3.63) is 93.4 Å². The molecule has 164 valence electrons. The number of nitrogens with one attached hydrogen (secondary N) is 1. The fraction of sp³-hybridized carbons (Fsp3) is 0.250. The number of rotatable bonds is 4. The number of hydrogen-bond acceptors (Lipinski definition) is 4. The van der Waals surface area contributed by atoms with Crippen LogP contribution in [-0.4, -0.2) is 25.5 Å². The minimum absolute atomic E-state index is 0.0368. The van der Waals surface area contributed by atoms with Crippen LogP contribution in [0.5, 0.6) is 0 Å².